The molecule has 0 aromatic carbocycles. The van der Waals surface area contributed by atoms with E-state index in [0.29, 0.717) is 6.54 Å². The van der Waals surface area contributed by atoms with Crippen LogP contribution in [0, 0.1) is 5.92 Å². The first-order chi connectivity index (χ1) is 9.78. The number of amides is 2. The summed E-state index contributed by atoms with van der Waals surface area (Å²) in [6.45, 7) is 6.99. The van der Waals surface area contributed by atoms with Crippen LogP contribution < -0.4 is 0 Å². The van der Waals surface area contributed by atoms with Gasteiger partial charge in [0.1, 0.15) is 5.60 Å². The van der Waals surface area contributed by atoms with E-state index in [-0.39, 0.29) is 24.0 Å². The van der Waals surface area contributed by atoms with Crippen molar-refractivity contribution in [2.75, 3.05) is 20.1 Å². The Hall–Kier alpha value is -1.26. The van der Waals surface area contributed by atoms with Gasteiger partial charge in [-0.1, -0.05) is 12.8 Å². The average Bonchev–Trinajstić information content (AvgIpc) is 3.06. The van der Waals surface area contributed by atoms with Crippen LogP contribution in [0.4, 0.5) is 4.79 Å². The molecule has 0 bridgehead atoms. The lowest BCUT2D eigenvalue weighted by Crippen LogP contribution is -2.43. The monoisotopic (exact) mass is 296 g/mol. The number of rotatable bonds is 2. The summed E-state index contributed by atoms with van der Waals surface area (Å²) in [5, 5.41) is 0. The van der Waals surface area contributed by atoms with Crippen LogP contribution in [0.1, 0.15) is 52.9 Å². The molecule has 2 aliphatic rings. The summed E-state index contributed by atoms with van der Waals surface area (Å²) in [6.07, 6.45) is 4.94. The SMILES string of the molecule is CN(C(=O)OC(C)(C)C)C1CCN(C(=O)C2CCCC2)C1. The van der Waals surface area contributed by atoms with Crippen LogP contribution in [0.3, 0.4) is 0 Å². The van der Waals surface area contributed by atoms with E-state index in [4.69, 9.17) is 4.74 Å². The molecule has 0 radical (unpaired) electrons. The van der Waals surface area contributed by atoms with Gasteiger partial charge in [-0.25, -0.2) is 4.79 Å². The van der Waals surface area contributed by atoms with Crippen molar-refractivity contribution in [1.29, 1.82) is 0 Å². The van der Waals surface area contributed by atoms with Crippen molar-refractivity contribution in [2.24, 2.45) is 5.92 Å². The molecular weight excluding hydrogens is 268 g/mol. The second kappa shape index (κ2) is 6.24. The number of carbonyl (C=O) groups excluding carboxylic acids is 2. The lowest BCUT2D eigenvalue weighted by Gasteiger charge is -2.28. The molecule has 21 heavy (non-hydrogen) atoms. The maximum absolute atomic E-state index is 12.4. The van der Waals surface area contributed by atoms with E-state index in [1.165, 1.54) is 12.8 Å². The molecule has 0 spiro atoms. The van der Waals surface area contributed by atoms with E-state index >= 15 is 0 Å². The van der Waals surface area contributed by atoms with Gasteiger partial charge in [-0.05, 0) is 40.0 Å². The molecule has 1 saturated carbocycles. The lowest BCUT2D eigenvalue weighted by molar-refractivity contribution is -0.134. The molecule has 5 heteroatoms. The zero-order valence-corrected chi connectivity index (χ0v) is 13.7. The fourth-order valence-electron chi connectivity index (χ4n) is 3.17. The van der Waals surface area contributed by atoms with Crippen LogP contribution in [-0.4, -0.2) is 53.6 Å². The fourth-order valence-corrected chi connectivity index (χ4v) is 3.17. The molecule has 1 aliphatic heterocycles. The van der Waals surface area contributed by atoms with Crippen molar-refractivity contribution >= 4 is 12.0 Å². The first kappa shape index (κ1) is 16.1. The molecule has 2 rings (SSSR count). The smallest absolute Gasteiger partial charge is 0.410 e. The van der Waals surface area contributed by atoms with Gasteiger partial charge >= 0.3 is 6.09 Å². The summed E-state index contributed by atoms with van der Waals surface area (Å²) in [5.41, 5.74) is -0.483. The fraction of sp³-hybridized carbons (Fsp3) is 0.875. The molecule has 0 aromatic heterocycles. The molecule has 0 aromatic rings. The van der Waals surface area contributed by atoms with Crippen molar-refractivity contribution in [2.45, 2.75) is 64.5 Å². The van der Waals surface area contributed by atoms with Crippen molar-refractivity contribution in [3.8, 4) is 0 Å². The standard InChI is InChI=1S/C16H28N2O3/c1-16(2,3)21-15(20)17(4)13-9-10-18(11-13)14(19)12-7-5-6-8-12/h12-13H,5-11H2,1-4H3. The molecule has 1 atom stereocenters. The minimum absolute atomic E-state index is 0.0743. The lowest BCUT2D eigenvalue weighted by atomic mass is 10.1. The second-order valence-electron chi connectivity index (χ2n) is 7.30. The normalized spacial score (nSPS) is 23.4. The zero-order chi connectivity index (χ0) is 15.6. The molecule has 5 nitrogen and oxygen atoms in total. The maximum atomic E-state index is 12.4. The van der Waals surface area contributed by atoms with Crippen LogP contribution in [0.5, 0.6) is 0 Å². The number of ether oxygens (including phenoxy) is 1. The zero-order valence-electron chi connectivity index (χ0n) is 13.7. The highest BCUT2D eigenvalue weighted by Crippen LogP contribution is 2.28. The predicted octanol–water partition coefficient (Wildman–Crippen LogP) is 2.64. The first-order valence-electron chi connectivity index (χ1n) is 8.02. The Kier molecular flexibility index (Phi) is 4.79. The number of likely N-dealkylation sites (tertiary alicyclic amines) is 1. The van der Waals surface area contributed by atoms with E-state index in [1.54, 1.807) is 11.9 Å². The Morgan fingerprint density at radius 1 is 1.14 bits per heavy atom. The van der Waals surface area contributed by atoms with Crippen LogP contribution in [0.2, 0.25) is 0 Å². The van der Waals surface area contributed by atoms with E-state index in [9.17, 15) is 9.59 Å². The van der Waals surface area contributed by atoms with Crippen LogP contribution >= 0.6 is 0 Å². The molecule has 2 fully saturated rings. The Bertz CT molecular complexity index is 397. The summed E-state index contributed by atoms with van der Waals surface area (Å²) in [4.78, 5) is 28.1. The Balaban J connectivity index is 1.86. The van der Waals surface area contributed by atoms with Crippen molar-refractivity contribution < 1.29 is 14.3 Å². The minimum atomic E-state index is -0.483. The minimum Gasteiger partial charge on any atom is -0.444 e. The number of carbonyl (C=O) groups is 2. The van der Waals surface area contributed by atoms with Gasteiger partial charge in [0, 0.05) is 26.1 Å². The number of likely N-dealkylation sites (N-methyl/N-ethyl adjacent to an activating group) is 1. The van der Waals surface area contributed by atoms with E-state index < -0.39 is 5.60 Å². The Morgan fingerprint density at radius 3 is 2.33 bits per heavy atom. The highest BCUT2D eigenvalue weighted by Gasteiger charge is 2.35. The first-order valence-corrected chi connectivity index (χ1v) is 8.02. The molecule has 1 heterocycles. The number of hydrogen-bond acceptors (Lipinski definition) is 3. The Labute approximate surface area is 127 Å². The molecule has 1 aliphatic carbocycles. The van der Waals surface area contributed by atoms with Crippen LogP contribution in [-0.2, 0) is 9.53 Å². The maximum Gasteiger partial charge on any atom is 0.410 e. The largest absolute Gasteiger partial charge is 0.444 e. The van der Waals surface area contributed by atoms with Gasteiger partial charge in [-0.15, -0.1) is 0 Å². The highest BCUT2D eigenvalue weighted by molar-refractivity contribution is 5.79. The topological polar surface area (TPSA) is 49.9 Å². The van der Waals surface area contributed by atoms with Gasteiger partial charge in [0.25, 0.3) is 0 Å². The quantitative estimate of drug-likeness (QED) is 0.787. The predicted molar refractivity (Wildman–Crippen MR) is 80.9 cm³/mol. The summed E-state index contributed by atoms with van der Waals surface area (Å²) >= 11 is 0. The van der Waals surface area contributed by atoms with Crippen molar-refractivity contribution in [3.63, 3.8) is 0 Å². The van der Waals surface area contributed by atoms with E-state index in [2.05, 4.69) is 0 Å². The van der Waals surface area contributed by atoms with Gasteiger partial charge < -0.3 is 14.5 Å². The third kappa shape index (κ3) is 4.11. The van der Waals surface area contributed by atoms with Crippen LogP contribution in [0.15, 0.2) is 0 Å². The number of hydrogen-bond donors (Lipinski definition) is 0. The molecule has 2 amide bonds. The summed E-state index contributed by atoms with van der Waals surface area (Å²) in [7, 11) is 1.77. The molecule has 120 valence electrons. The van der Waals surface area contributed by atoms with Gasteiger partial charge in [0.2, 0.25) is 5.91 Å². The van der Waals surface area contributed by atoms with E-state index in [0.717, 1.165) is 25.8 Å². The van der Waals surface area contributed by atoms with E-state index in [1.807, 2.05) is 25.7 Å². The average molecular weight is 296 g/mol. The third-order valence-electron chi connectivity index (χ3n) is 4.41. The molecule has 1 saturated heterocycles. The highest BCUT2D eigenvalue weighted by atomic mass is 16.6. The third-order valence-corrected chi connectivity index (χ3v) is 4.41. The second-order valence-corrected chi connectivity index (χ2v) is 7.30. The summed E-state index contributed by atoms with van der Waals surface area (Å²) < 4.78 is 5.39. The van der Waals surface area contributed by atoms with Gasteiger partial charge in [0.05, 0.1) is 6.04 Å². The van der Waals surface area contributed by atoms with Crippen molar-refractivity contribution in [1.82, 2.24) is 9.80 Å². The summed E-state index contributed by atoms with van der Waals surface area (Å²) in [5.74, 6) is 0.503. The van der Waals surface area contributed by atoms with Crippen molar-refractivity contribution in [3.05, 3.63) is 0 Å². The van der Waals surface area contributed by atoms with Gasteiger partial charge in [-0.3, -0.25) is 4.79 Å². The van der Waals surface area contributed by atoms with Crippen LogP contribution in [0.25, 0.3) is 0 Å². The molecule has 1 unspecified atom stereocenters. The number of nitrogens with zero attached hydrogens (tertiary/aromatic N) is 2. The van der Waals surface area contributed by atoms with Gasteiger partial charge in [-0.2, -0.15) is 0 Å². The summed E-state index contributed by atoms with van der Waals surface area (Å²) in [6, 6.07) is 0.0743. The molecule has 0 N–H and O–H groups in total. The van der Waals surface area contributed by atoms with Gasteiger partial charge in [0.15, 0.2) is 0 Å². The Morgan fingerprint density at radius 2 is 1.76 bits per heavy atom. The molecular formula is C16H28N2O3.